The molecule has 0 aliphatic heterocycles. The van der Waals surface area contributed by atoms with Crippen molar-refractivity contribution in [3.05, 3.63) is 0 Å². The van der Waals surface area contributed by atoms with Crippen molar-refractivity contribution >= 4 is 11.6 Å². The SMILES string of the molecule is COCC1(COC)CC(Cl)CCC1C(C)C. The van der Waals surface area contributed by atoms with Crippen LogP contribution in [0.5, 0.6) is 0 Å². The van der Waals surface area contributed by atoms with Gasteiger partial charge in [0, 0.05) is 25.0 Å². The largest absolute Gasteiger partial charge is 0.384 e. The first-order valence-electron chi connectivity index (χ1n) is 6.17. The van der Waals surface area contributed by atoms with Crippen molar-refractivity contribution in [1.29, 1.82) is 0 Å². The van der Waals surface area contributed by atoms with Crippen molar-refractivity contribution in [3.63, 3.8) is 0 Å². The maximum absolute atomic E-state index is 6.33. The lowest BCUT2D eigenvalue weighted by Crippen LogP contribution is -2.46. The van der Waals surface area contributed by atoms with Crippen LogP contribution in [0.1, 0.15) is 33.1 Å². The van der Waals surface area contributed by atoms with Crippen LogP contribution in [-0.4, -0.2) is 32.8 Å². The molecule has 0 spiro atoms. The van der Waals surface area contributed by atoms with Crippen LogP contribution in [0.25, 0.3) is 0 Å². The predicted octanol–water partition coefficient (Wildman–Crippen LogP) is 3.33. The Hall–Kier alpha value is 0.210. The molecule has 1 rings (SSSR count). The van der Waals surface area contributed by atoms with Gasteiger partial charge in [0.15, 0.2) is 0 Å². The van der Waals surface area contributed by atoms with E-state index in [4.69, 9.17) is 21.1 Å². The molecule has 3 heteroatoms. The second-order valence-electron chi connectivity index (χ2n) is 5.46. The van der Waals surface area contributed by atoms with Gasteiger partial charge in [0.2, 0.25) is 0 Å². The van der Waals surface area contributed by atoms with E-state index < -0.39 is 0 Å². The highest BCUT2D eigenvalue weighted by Gasteiger charge is 2.44. The molecule has 2 nitrogen and oxygen atoms in total. The van der Waals surface area contributed by atoms with Crippen LogP contribution in [0.3, 0.4) is 0 Å². The van der Waals surface area contributed by atoms with Gasteiger partial charge < -0.3 is 9.47 Å². The van der Waals surface area contributed by atoms with Gasteiger partial charge in [-0.2, -0.15) is 0 Å². The summed E-state index contributed by atoms with van der Waals surface area (Å²) < 4.78 is 10.9. The van der Waals surface area contributed by atoms with E-state index in [0.717, 1.165) is 26.1 Å². The number of halogens is 1. The molecule has 0 aromatic carbocycles. The Morgan fingerprint density at radius 3 is 2.19 bits per heavy atom. The molecule has 0 saturated heterocycles. The minimum atomic E-state index is 0.113. The second-order valence-corrected chi connectivity index (χ2v) is 6.07. The lowest BCUT2D eigenvalue weighted by atomic mass is 9.63. The van der Waals surface area contributed by atoms with Crippen molar-refractivity contribution in [2.75, 3.05) is 27.4 Å². The topological polar surface area (TPSA) is 18.5 Å². The Balaban J connectivity index is 2.85. The van der Waals surface area contributed by atoms with Crippen LogP contribution in [0.2, 0.25) is 0 Å². The first-order valence-corrected chi connectivity index (χ1v) is 6.61. The van der Waals surface area contributed by atoms with Crippen LogP contribution in [0.15, 0.2) is 0 Å². The minimum absolute atomic E-state index is 0.113. The van der Waals surface area contributed by atoms with Crippen molar-refractivity contribution in [1.82, 2.24) is 0 Å². The molecular weight excluding hydrogens is 224 g/mol. The van der Waals surface area contributed by atoms with Crippen LogP contribution in [-0.2, 0) is 9.47 Å². The van der Waals surface area contributed by atoms with Gasteiger partial charge in [0.25, 0.3) is 0 Å². The van der Waals surface area contributed by atoms with E-state index in [1.807, 2.05) is 0 Å². The van der Waals surface area contributed by atoms with E-state index in [1.165, 1.54) is 6.42 Å². The van der Waals surface area contributed by atoms with Crippen LogP contribution in [0, 0.1) is 17.3 Å². The summed E-state index contributed by atoms with van der Waals surface area (Å²) in [7, 11) is 3.54. The van der Waals surface area contributed by atoms with Gasteiger partial charge in [-0.1, -0.05) is 13.8 Å². The van der Waals surface area contributed by atoms with Gasteiger partial charge in [-0.25, -0.2) is 0 Å². The quantitative estimate of drug-likeness (QED) is 0.695. The zero-order valence-electron chi connectivity index (χ0n) is 11.0. The molecule has 1 fully saturated rings. The lowest BCUT2D eigenvalue weighted by Gasteiger charge is -2.47. The van der Waals surface area contributed by atoms with Gasteiger partial charge in [-0.05, 0) is 31.1 Å². The van der Waals surface area contributed by atoms with E-state index in [2.05, 4.69) is 13.8 Å². The zero-order chi connectivity index (χ0) is 12.2. The Morgan fingerprint density at radius 1 is 1.19 bits per heavy atom. The minimum Gasteiger partial charge on any atom is -0.384 e. The normalized spacial score (nSPS) is 29.6. The van der Waals surface area contributed by atoms with Crippen LogP contribution in [0.4, 0.5) is 0 Å². The molecule has 0 N–H and O–H groups in total. The number of alkyl halides is 1. The lowest BCUT2D eigenvalue weighted by molar-refractivity contribution is -0.0657. The van der Waals surface area contributed by atoms with Crippen molar-refractivity contribution in [2.45, 2.75) is 38.5 Å². The van der Waals surface area contributed by atoms with E-state index in [1.54, 1.807) is 14.2 Å². The molecule has 2 atom stereocenters. The number of ether oxygens (including phenoxy) is 2. The summed E-state index contributed by atoms with van der Waals surface area (Å²) in [5.74, 6) is 1.32. The summed E-state index contributed by atoms with van der Waals surface area (Å²) in [6.07, 6.45) is 3.33. The predicted molar refractivity (Wildman–Crippen MR) is 68.0 cm³/mol. The van der Waals surface area contributed by atoms with Crippen molar-refractivity contribution < 1.29 is 9.47 Å². The van der Waals surface area contributed by atoms with E-state index in [9.17, 15) is 0 Å². The molecule has 2 unspecified atom stereocenters. The van der Waals surface area contributed by atoms with Gasteiger partial charge in [-0.3, -0.25) is 0 Å². The maximum atomic E-state index is 6.33. The van der Waals surface area contributed by atoms with Crippen molar-refractivity contribution in [2.24, 2.45) is 17.3 Å². The average Bonchev–Trinajstić information content (AvgIpc) is 2.17. The summed E-state index contributed by atoms with van der Waals surface area (Å²) in [6, 6.07) is 0. The molecule has 0 amide bonds. The second kappa shape index (κ2) is 6.23. The molecule has 0 bridgehead atoms. The highest BCUT2D eigenvalue weighted by molar-refractivity contribution is 6.20. The Morgan fingerprint density at radius 2 is 1.75 bits per heavy atom. The molecule has 1 aliphatic rings. The summed E-state index contributed by atoms with van der Waals surface area (Å²) in [6.45, 7) is 6.10. The summed E-state index contributed by atoms with van der Waals surface area (Å²) in [5, 5.41) is 0.278. The molecule has 0 aromatic rings. The molecule has 0 radical (unpaired) electrons. The standard InChI is InChI=1S/C13H25ClO2/c1-10(2)12-6-5-11(14)7-13(12,8-15-3)9-16-4/h10-12H,5-9H2,1-4H3. The Kier molecular flexibility index (Phi) is 5.55. The van der Waals surface area contributed by atoms with E-state index >= 15 is 0 Å². The van der Waals surface area contributed by atoms with Crippen LogP contribution < -0.4 is 0 Å². The number of rotatable bonds is 5. The van der Waals surface area contributed by atoms with Gasteiger partial charge >= 0.3 is 0 Å². The summed E-state index contributed by atoms with van der Waals surface area (Å²) >= 11 is 6.33. The third kappa shape index (κ3) is 3.12. The number of hydrogen-bond donors (Lipinski definition) is 0. The average molecular weight is 249 g/mol. The molecular formula is C13H25ClO2. The maximum Gasteiger partial charge on any atom is 0.0544 e. The molecule has 16 heavy (non-hydrogen) atoms. The smallest absolute Gasteiger partial charge is 0.0544 e. The van der Waals surface area contributed by atoms with E-state index in [-0.39, 0.29) is 10.8 Å². The highest BCUT2D eigenvalue weighted by atomic mass is 35.5. The van der Waals surface area contributed by atoms with Gasteiger partial charge in [0.1, 0.15) is 0 Å². The number of methoxy groups -OCH3 is 2. The highest BCUT2D eigenvalue weighted by Crippen LogP contribution is 2.46. The fourth-order valence-electron chi connectivity index (χ4n) is 3.35. The van der Waals surface area contributed by atoms with Gasteiger partial charge in [0.05, 0.1) is 13.2 Å². The van der Waals surface area contributed by atoms with Gasteiger partial charge in [-0.15, -0.1) is 11.6 Å². The Bertz CT molecular complexity index is 200. The number of hydrogen-bond acceptors (Lipinski definition) is 2. The van der Waals surface area contributed by atoms with Crippen LogP contribution >= 0.6 is 11.6 Å². The van der Waals surface area contributed by atoms with E-state index in [0.29, 0.717) is 11.8 Å². The van der Waals surface area contributed by atoms with Crippen molar-refractivity contribution in [3.8, 4) is 0 Å². The first kappa shape index (κ1) is 14.3. The molecule has 0 heterocycles. The fraction of sp³-hybridized carbons (Fsp3) is 1.00. The Labute approximate surface area is 105 Å². The fourth-order valence-corrected chi connectivity index (χ4v) is 3.78. The third-order valence-electron chi connectivity index (χ3n) is 3.87. The summed E-state index contributed by atoms with van der Waals surface area (Å²) in [5.41, 5.74) is 0.113. The zero-order valence-corrected chi connectivity index (χ0v) is 11.7. The summed E-state index contributed by atoms with van der Waals surface area (Å²) in [4.78, 5) is 0. The third-order valence-corrected chi connectivity index (χ3v) is 4.25. The molecule has 96 valence electrons. The molecule has 1 saturated carbocycles. The molecule has 1 aliphatic carbocycles. The first-order chi connectivity index (χ1) is 7.55. The molecule has 0 aromatic heterocycles. The monoisotopic (exact) mass is 248 g/mol.